The van der Waals surface area contributed by atoms with E-state index in [4.69, 9.17) is 5.73 Å². The van der Waals surface area contributed by atoms with Gasteiger partial charge in [0.2, 0.25) is 0 Å². The maximum atomic E-state index is 6.14. The Morgan fingerprint density at radius 2 is 2.31 bits per heavy atom. The quantitative estimate of drug-likeness (QED) is 0.765. The highest BCUT2D eigenvalue weighted by Gasteiger charge is 2.13. The number of hydrogen-bond donors (Lipinski definition) is 1. The molecule has 1 atom stereocenters. The highest BCUT2D eigenvalue weighted by Crippen LogP contribution is 2.25. The molecule has 1 aliphatic carbocycles. The normalized spacial score (nSPS) is 20.1. The summed E-state index contributed by atoms with van der Waals surface area (Å²) in [7, 11) is 0. The minimum absolute atomic E-state index is 0.0232. The van der Waals surface area contributed by atoms with Crippen molar-refractivity contribution in [2.24, 2.45) is 5.73 Å². The number of nitrogens with zero attached hydrogens (tertiary/aromatic N) is 1. The van der Waals surface area contributed by atoms with Crippen molar-refractivity contribution in [3.8, 4) is 0 Å². The average molecular weight is 212 g/mol. The van der Waals surface area contributed by atoms with Gasteiger partial charge in [-0.15, -0.1) is 0 Å². The van der Waals surface area contributed by atoms with Crippen LogP contribution >= 0.6 is 0 Å². The van der Waals surface area contributed by atoms with Crippen molar-refractivity contribution in [3.05, 3.63) is 66.0 Å². The number of aryl methyl sites for hydroxylation is 1. The Labute approximate surface area is 96.2 Å². The van der Waals surface area contributed by atoms with Gasteiger partial charge in [-0.25, -0.2) is 0 Å². The maximum absolute atomic E-state index is 6.14. The van der Waals surface area contributed by atoms with Gasteiger partial charge in [-0.05, 0) is 35.6 Å². The van der Waals surface area contributed by atoms with Crippen LogP contribution in [0.4, 0.5) is 0 Å². The molecule has 16 heavy (non-hydrogen) atoms. The first-order valence-corrected chi connectivity index (χ1v) is 5.49. The number of fused-ring (bicyclic) bond motifs is 1. The molecule has 1 heterocycles. The lowest BCUT2D eigenvalue weighted by molar-refractivity contribution is 0.889. The van der Waals surface area contributed by atoms with E-state index < -0.39 is 0 Å². The van der Waals surface area contributed by atoms with E-state index in [0.29, 0.717) is 0 Å². The van der Waals surface area contributed by atoms with Crippen LogP contribution in [0.2, 0.25) is 0 Å². The first-order valence-electron chi connectivity index (χ1n) is 5.49. The molecule has 1 unspecified atom stereocenters. The first kappa shape index (κ1) is 10.8. The van der Waals surface area contributed by atoms with Gasteiger partial charge in [-0.3, -0.25) is 4.98 Å². The largest absolute Gasteiger partial charge is 0.321 e. The van der Waals surface area contributed by atoms with Crippen LogP contribution in [-0.2, 0) is 6.42 Å². The molecule has 0 aliphatic heterocycles. The Hall–Kier alpha value is -1.67. The third kappa shape index (κ3) is 2.28. The molecule has 2 N–H and O–H groups in total. The first-order chi connectivity index (χ1) is 7.81. The fraction of sp³-hybridized carbons (Fsp3) is 0.214. The van der Waals surface area contributed by atoms with Gasteiger partial charge in [0.1, 0.15) is 0 Å². The topological polar surface area (TPSA) is 38.9 Å². The Kier molecular flexibility index (Phi) is 3.32. The summed E-state index contributed by atoms with van der Waals surface area (Å²) in [4.78, 5) is 4.15. The lowest BCUT2D eigenvalue weighted by Gasteiger charge is -2.08. The van der Waals surface area contributed by atoms with Gasteiger partial charge in [0.05, 0.1) is 0 Å². The number of allylic oxidation sites excluding steroid dienone is 4. The zero-order valence-electron chi connectivity index (χ0n) is 9.26. The second kappa shape index (κ2) is 4.90. The van der Waals surface area contributed by atoms with Gasteiger partial charge in [0.15, 0.2) is 0 Å². The molecule has 2 nitrogen and oxygen atoms in total. The summed E-state index contributed by atoms with van der Waals surface area (Å²) < 4.78 is 0. The van der Waals surface area contributed by atoms with Crippen LogP contribution in [0.1, 0.15) is 23.6 Å². The summed E-state index contributed by atoms with van der Waals surface area (Å²) in [5.41, 5.74) is 9.86. The van der Waals surface area contributed by atoms with Crippen LogP contribution in [0.25, 0.3) is 0 Å². The maximum Gasteiger partial charge on any atom is 0.0490 e. The van der Waals surface area contributed by atoms with Crippen LogP contribution in [-0.4, -0.2) is 4.98 Å². The molecule has 2 rings (SSSR count). The molecule has 0 fully saturated rings. The highest BCUT2D eigenvalue weighted by molar-refractivity contribution is 5.36. The lowest BCUT2D eigenvalue weighted by Crippen LogP contribution is -2.08. The van der Waals surface area contributed by atoms with Gasteiger partial charge < -0.3 is 5.73 Å². The monoisotopic (exact) mass is 212 g/mol. The molecule has 1 aromatic heterocycles. The van der Waals surface area contributed by atoms with Crippen LogP contribution < -0.4 is 5.73 Å². The summed E-state index contributed by atoms with van der Waals surface area (Å²) in [6.07, 6.45) is 13.7. The molecule has 0 amide bonds. The molecular weight excluding hydrogens is 196 g/mol. The van der Waals surface area contributed by atoms with E-state index in [1.165, 1.54) is 16.7 Å². The smallest absolute Gasteiger partial charge is 0.0490 e. The average Bonchev–Trinajstić information content (AvgIpc) is 2.47. The minimum atomic E-state index is -0.0232. The molecule has 1 aromatic rings. The molecule has 82 valence electrons. The molecule has 0 radical (unpaired) electrons. The van der Waals surface area contributed by atoms with E-state index in [2.05, 4.69) is 23.7 Å². The van der Waals surface area contributed by atoms with Crippen molar-refractivity contribution in [2.75, 3.05) is 0 Å². The highest BCUT2D eigenvalue weighted by atomic mass is 14.7. The summed E-state index contributed by atoms with van der Waals surface area (Å²) in [6, 6.07) is 1.99. The van der Waals surface area contributed by atoms with Gasteiger partial charge >= 0.3 is 0 Å². The van der Waals surface area contributed by atoms with Crippen molar-refractivity contribution in [1.29, 1.82) is 0 Å². The van der Waals surface area contributed by atoms with Crippen LogP contribution in [0.3, 0.4) is 0 Å². The van der Waals surface area contributed by atoms with Crippen molar-refractivity contribution in [1.82, 2.24) is 4.98 Å². The summed E-state index contributed by atoms with van der Waals surface area (Å²) in [5, 5.41) is 0. The van der Waals surface area contributed by atoms with Crippen molar-refractivity contribution in [2.45, 2.75) is 18.9 Å². The predicted molar refractivity (Wildman–Crippen MR) is 66.9 cm³/mol. The SMILES string of the molecule is C=C/C=C\C1=CC(N)c2ccncc2CC1. The van der Waals surface area contributed by atoms with E-state index in [1.807, 2.05) is 18.3 Å². The molecule has 2 heteroatoms. The molecule has 1 aliphatic rings. The van der Waals surface area contributed by atoms with Gasteiger partial charge in [-0.1, -0.05) is 30.9 Å². The minimum Gasteiger partial charge on any atom is -0.321 e. The number of nitrogens with two attached hydrogens (primary N) is 1. The molecule has 0 aromatic carbocycles. The standard InChI is InChI=1S/C14H16N2/c1-2-3-4-11-5-6-12-10-16-8-7-13(12)14(15)9-11/h2-4,7-10,14H,1,5-6,15H2/b4-3-. The van der Waals surface area contributed by atoms with Crippen molar-refractivity contribution < 1.29 is 0 Å². The van der Waals surface area contributed by atoms with E-state index in [-0.39, 0.29) is 6.04 Å². The van der Waals surface area contributed by atoms with E-state index >= 15 is 0 Å². The van der Waals surface area contributed by atoms with Crippen molar-refractivity contribution >= 4 is 0 Å². The zero-order chi connectivity index (χ0) is 11.4. The van der Waals surface area contributed by atoms with E-state index in [0.717, 1.165) is 12.8 Å². The molecule has 0 saturated heterocycles. The number of aromatic nitrogens is 1. The fourth-order valence-electron chi connectivity index (χ4n) is 1.99. The Bertz CT molecular complexity index is 444. The second-order valence-electron chi connectivity index (χ2n) is 3.94. The van der Waals surface area contributed by atoms with Gasteiger partial charge in [-0.2, -0.15) is 0 Å². The van der Waals surface area contributed by atoms with E-state index in [1.54, 1.807) is 12.3 Å². The number of pyridine rings is 1. The molecule has 0 saturated carbocycles. The van der Waals surface area contributed by atoms with Gasteiger partial charge in [0, 0.05) is 18.4 Å². The van der Waals surface area contributed by atoms with Crippen LogP contribution in [0, 0.1) is 0 Å². The zero-order valence-corrected chi connectivity index (χ0v) is 9.26. The lowest BCUT2D eigenvalue weighted by atomic mass is 10.0. The number of rotatable bonds is 2. The van der Waals surface area contributed by atoms with Crippen LogP contribution in [0.5, 0.6) is 0 Å². The number of hydrogen-bond acceptors (Lipinski definition) is 2. The van der Waals surface area contributed by atoms with Crippen LogP contribution in [0.15, 0.2) is 54.9 Å². The summed E-state index contributed by atoms with van der Waals surface area (Å²) in [6.45, 7) is 3.67. The molecule has 0 spiro atoms. The Morgan fingerprint density at radius 1 is 1.44 bits per heavy atom. The van der Waals surface area contributed by atoms with E-state index in [9.17, 15) is 0 Å². The molecular formula is C14H16N2. The Morgan fingerprint density at radius 3 is 3.12 bits per heavy atom. The fourth-order valence-corrected chi connectivity index (χ4v) is 1.99. The molecule has 0 bridgehead atoms. The van der Waals surface area contributed by atoms with Crippen molar-refractivity contribution in [3.63, 3.8) is 0 Å². The second-order valence-corrected chi connectivity index (χ2v) is 3.94. The Balaban J connectivity index is 2.29. The summed E-state index contributed by atoms with van der Waals surface area (Å²) >= 11 is 0. The predicted octanol–water partition coefficient (Wildman–Crippen LogP) is 2.70. The van der Waals surface area contributed by atoms with Gasteiger partial charge in [0.25, 0.3) is 0 Å². The third-order valence-electron chi connectivity index (χ3n) is 2.82. The summed E-state index contributed by atoms with van der Waals surface area (Å²) in [5.74, 6) is 0. The third-order valence-corrected chi connectivity index (χ3v) is 2.82.